The second-order valence-electron chi connectivity index (χ2n) is 7.74. The number of thiazole rings is 1. The Morgan fingerprint density at radius 2 is 2.26 bits per heavy atom. The third-order valence-electron chi connectivity index (χ3n) is 6.12. The zero-order chi connectivity index (χ0) is 18.5. The number of rotatable bonds is 7. The molecule has 27 heavy (non-hydrogen) atoms. The minimum atomic E-state index is 0.0803. The molecule has 0 unspecified atom stereocenters. The van der Waals surface area contributed by atoms with Crippen LogP contribution in [-0.2, 0) is 22.6 Å². The Kier molecular flexibility index (Phi) is 6.18. The lowest BCUT2D eigenvalue weighted by molar-refractivity contribution is -0.0732. The molecular weight excluding hydrogens is 358 g/mol. The predicted molar refractivity (Wildman–Crippen MR) is 107 cm³/mol. The number of likely N-dealkylation sites (tertiary alicyclic amines) is 1. The molecule has 2 aromatic rings. The lowest BCUT2D eigenvalue weighted by atomic mass is 9.78. The number of piperidine rings is 1. The van der Waals surface area contributed by atoms with Crippen molar-refractivity contribution in [3.05, 3.63) is 46.2 Å². The molecule has 2 saturated heterocycles. The molecule has 1 atom stereocenters. The van der Waals surface area contributed by atoms with Gasteiger partial charge in [0.1, 0.15) is 0 Å². The van der Waals surface area contributed by atoms with Crippen molar-refractivity contribution < 1.29 is 9.47 Å². The van der Waals surface area contributed by atoms with Gasteiger partial charge in [0.15, 0.2) is 0 Å². The lowest BCUT2D eigenvalue weighted by Crippen LogP contribution is -2.47. The van der Waals surface area contributed by atoms with Crippen molar-refractivity contribution in [2.45, 2.75) is 51.4 Å². The zero-order valence-electron chi connectivity index (χ0n) is 16.1. The topological polar surface area (TPSA) is 47.5 Å². The Morgan fingerprint density at radius 1 is 1.37 bits per heavy atom. The van der Waals surface area contributed by atoms with Crippen molar-refractivity contribution in [2.24, 2.45) is 5.92 Å². The smallest absolute Gasteiger partial charge is 0.0798 e. The summed E-state index contributed by atoms with van der Waals surface area (Å²) < 4.78 is 12.2. The molecule has 4 rings (SSSR count). The van der Waals surface area contributed by atoms with Gasteiger partial charge in [0, 0.05) is 50.1 Å². The predicted octanol–water partition coefficient (Wildman–Crippen LogP) is 3.82. The Hall–Kier alpha value is -1.34. The number of nitrogens with zero attached hydrogens (tertiary/aromatic N) is 3. The van der Waals surface area contributed by atoms with Crippen LogP contribution in [0.15, 0.2) is 30.0 Å². The number of aromatic nitrogens is 2. The van der Waals surface area contributed by atoms with E-state index in [9.17, 15) is 0 Å². The quantitative estimate of drug-likeness (QED) is 0.676. The monoisotopic (exact) mass is 387 g/mol. The molecule has 0 radical (unpaired) electrons. The van der Waals surface area contributed by atoms with Crippen LogP contribution in [0.4, 0.5) is 0 Å². The average Bonchev–Trinajstić information content (AvgIpc) is 3.28. The minimum absolute atomic E-state index is 0.0803. The number of aryl methyl sites for hydroxylation is 1. The van der Waals surface area contributed by atoms with E-state index in [0.717, 1.165) is 57.7 Å². The summed E-state index contributed by atoms with van der Waals surface area (Å²) in [6, 6.07) is 4.02. The van der Waals surface area contributed by atoms with Crippen LogP contribution in [0.5, 0.6) is 0 Å². The molecule has 0 aliphatic carbocycles. The Bertz CT molecular complexity index is 713. The summed E-state index contributed by atoms with van der Waals surface area (Å²) in [5.41, 5.74) is 4.36. The molecule has 0 amide bonds. The summed E-state index contributed by atoms with van der Waals surface area (Å²) in [6.45, 7) is 7.73. The van der Waals surface area contributed by atoms with Gasteiger partial charge in [-0.05, 0) is 50.2 Å². The van der Waals surface area contributed by atoms with Crippen LogP contribution in [0.3, 0.4) is 0 Å². The first kappa shape index (κ1) is 19.0. The molecule has 4 heterocycles. The van der Waals surface area contributed by atoms with Gasteiger partial charge in [0.25, 0.3) is 0 Å². The third-order valence-corrected chi connectivity index (χ3v) is 7.04. The minimum Gasteiger partial charge on any atom is -0.377 e. The van der Waals surface area contributed by atoms with Crippen LogP contribution in [-0.4, -0.2) is 46.8 Å². The van der Waals surface area contributed by atoms with E-state index in [4.69, 9.17) is 9.47 Å². The number of hydrogen-bond donors (Lipinski definition) is 0. The van der Waals surface area contributed by atoms with E-state index >= 15 is 0 Å². The van der Waals surface area contributed by atoms with E-state index in [1.807, 2.05) is 17.8 Å². The molecule has 0 bridgehead atoms. The van der Waals surface area contributed by atoms with E-state index in [1.54, 1.807) is 17.5 Å². The molecule has 0 saturated carbocycles. The highest BCUT2D eigenvalue weighted by molar-refractivity contribution is 7.09. The summed E-state index contributed by atoms with van der Waals surface area (Å²) in [5, 5.41) is 0. The fourth-order valence-corrected chi connectivity index (χ4v) is 5.23. The normalized spacial score (nSPS) is 22.5. The summed E-state index contributed by atoms with van der Waals surface area (Å²) >= 11 is 1.77. The molecule has 1 spiro atoms. The second kappa shape index (κ2) is 8.78. The lowest BCUT2D eigenvalue weighted by Gasteiger charge is -2.42. The van der Waals surface area contributed by atoms with Crippen LogP contribution in [0, 0.1) is 12.8 Å². The van der Waals surface area contributed by atoms with Crippen molar-refractivity contribution in [3.63, 3.8) is 0 Å². The molecule has 5 nitrogen and oxygen atoms in total. The van der Waals surface area contributed by atoms with Gasteiger partial charge in [-0.2, -0.15) is 0 Å². The fourth-order valence-electron chi connectivity index (χ4n) is 4.42. The van der Waals surface area contributed by atoms with Crippen LogP contribution in [0.2, 0.25) is 0 Å². The second-order valence-corrected chi connectivity index (χ2v) is 8.68. The van der Waals surface area contributed by atoms with E-state index in [1.165, 1.54) is 17.0 Å². The molecule has 2 aromatic heterocycles. The maximum atomic E-state index is 6.31. The first-order chi connectivity index (χ1) is 13.3. The van der Waals surface area contributed by atoms with Crippen molar-refractivity contribution in [1.29, 1.82) is 0 Å². The fraction of sp³-hybridized carbons (Fsp3) is 0.619. The maximum Gasteiger partial charge on any atom is 0.0798 e. The van der Waals surface area contributed by atoms with Crippen LogP contribution in [0.1, 0.15) is 41.8 Å². The highest BCUT2D eigenvalue weighted by atomic mass is 32.1. The standard InChI is InChI=1S/C21H29N3O2S/c1-17-20(27-16-23-17)14-24-9-6-21(7-10-24)19(5-12-26-21)4-11-25-15-18-3-2-8-22-13-18/h2-3,8,13,16,19H,4-7,9-12,14-15H2,1H3/t19-/m0/s1. The van der Waals surface area contributed by atoms with Gasteiger partial charge in [-0.1, -0.05) is 6.07 Å². The number of ether oxygens (including phenoxy) is 2. The number of pyridine rings is 1. The highest BCUT2D eigenvalue weighted by Gasteiger charge is 2.45. The molecule has 0 aromatic carbocycles. The zero-order valence-corrected chi connectivity index (χ0v) is 16.9. The van der Waals surface area contributed by atoms with E-state index < -0.39 is 0 Å². The summed E-state index contributed by atoms with van der Waals surface area (Å²) in [5.74, 6) is 0.624. The van der Waals surface area contributed by atoms with Gasteiger partial charge >= 0.3 is 0 Å². The van der Waals surface area contributed by atoms with E-state index in [-0.39, 0.29) is 5.60 Å². The summed E-state index contributed by atoms with van der Waals surface area (Å²) in [6.07, 6.45) is 8.21. The van der Waals surface area contributed by atoms with Gasteiger partial charge in [-0.25, -0.2) is 4.98 Å². The molecule has 2 aliphatic heterocycles. The first-order valence-electron chi connectivity index (χ1n) is 9.97. The third kappa shape index (κ3) is 4.57. The summed E-state index contributed by atoms with van der Waals surface area (Å²) in [4.78, 5) is 12.5. The van der Waals surface area contributed by atoms with Crippen molar-refractivity contribution in [3.8, 4) is 0 Å². The maximum absolute atomic E-state index is 6.31. The SMILES string of the molecule is Cc1ncsc1CN1CCC2(CC1)OCC[C@@H]2CCOCc1cccnc1. The van der Waals surface area contributed by atoms with Gasteiger partial charge in [-0.3, -0.25) is 9.88 Å². The number of hydrogen-bond acceptors (Lipinski definition) is 6. The van der Waals surface area contributed by atoms with Crippen molar-refractivity contribution in [1.82, 2.24) is 14.9 Å². The highest BCUT2D eigenvalue weighted by Crippen LogP contribution is 2.42. The largest absolute Gasteiger partial charge is 0.377 e. The molecule has 0 N–H and O–H groups in total. The molecule has 2 fully saturated rings. The van der Waals surface area contributed by atoms with Gasteiger partial charge in [-0.15, -0.1) is 11.3 Å². The van der Waals surface area contributed by atoms with Crippen LogP contribution < -0.4 is 0 Å². The van der Waals surface area contributed by atoms with E-state index in [2.05, 4.69) is 27.9 Å². The Morgan fingerprint density at radius 3 is 3.00 bits per heavy atom. The van der Waals surface area contributed by atoms with Gasteiger partial charge in [0.2, 0.25) is 0 Å². The first-order valence-corrected chi connectivity index (χ1v) is 10.8. The van der Waals surface area contributed by atoms with Gasteiger partial charge in [0.05, 0.1) is 23.4 Å². The van der Waals surface area contributed by atoms with Crippen LogP contribution >= 0.6 is 11.3 Å². The van der Waals surface area contributed by atoms with Gasteiger partial charge < -0.3 is 9.47 Å². The average molecular weight is 388 g/mol. The van der Waals surface area contributed by atoms with Crippen molar-refractivity contribution >= 4 is 11.3 Å². The Labute approximate surface area is 165 Å². The molecule has 146 valence electrons. The molecular formula is C21H29N3O2S. The molecule has 6 heteroatoms. The van der Waals surface area contributed by atoms with E-state index in [0.29, 0.717) is 12.5 Å². The Balaban J connectivity index is 1.24. The summed E-state index contributed by atoms with van der Waals surface area (Å²) in [7, 11) is 0. The van der Waals surface area contributed by atoms with Crippen molar-refractivity contribution in [2.75, 3.05) is 26.3 Å². The van der Waals surface area contributed by atoms with Crippen LogP contribution in [0.25, 0.3) is 0 Å². The molecule has 2 aliphatic rings.